The Hall–Kier alpha value is -3.89. The van der Waals surface area contributed by atoms with Gasteiger partial charge in [0, 0.05) is 18.0 Å². The van der Waals surface area contributed by atoms with Crippen molar-refractivity contribution in [1.82, 2.24) is 9.38 Å². The first kappa shape index (κ1) is 19.1. The minimum Gasteiger partial charge on any atom is -0.319 e. The summed E-state index contributed by atoms with van der Waals surface area (Å²) < 4.78 is 1.91. The molecule has 4 nitrogen and oxygen atoms in total. The second-order valence-electron chi connectivity index (χ2n) is 7.16. The van der Waals surface area contributed by atoms with E-state index < -0.39 is 0 Å². The average molecular weight is 424 g/mol. The monoisotopic (exact) mass is 423 g/mol. The Labute approximate surface area is 184 Å². The average Bonchev–Trinajstić information content (AvgIpc) is 3.25. The number of nitrogens with zero attached hydrogens (tertiary/aromatic N) is 2. The lowest BCUT2D eigenvalue weighted by Gasteiger charge is -2.07. The molecule has 5 aromatic rings. The maximum absolute atomic E-state index is 12.7. The molecule has 150 valence electrons. The molecular weight excluding hydrogens is 406 g/mol. The van der Waals surface area contributed by atoms with Gasteiger partial charge in [-0.15, -0.1) is 0 Å². The van der Waals surface area contributed by atoms with Gasteiger partial charge in [-0.25, -0.2) is 4.98 Å². The third-order valence-corrected chi connectivity index (χ3v) is 5.47. The van der Waals surface area contributed by atoms with Crippen LogP contribution in [0.1, 0.15) is 10.4 Å². The molecule has 1 N–H and O–H groups in total. The van der Waals surface area contributed by atoms with Crippen LogP contribution in [0.5, 0.6) is 0 Å². The van der Waals surface area contributed by atoms with Crippen LogP contribution < -0.4 is 5.32 Å². The third kappa shape index (κ3) is 3.81. The van der Waals surface area contributed by atoms with Crippen LogP contribution in [-0.4, -0.2) is 15.3 Å². The second kappa shape index (κ2) is 8.09. The number of benzene rings is 3. The van der Waals surface area contributed by atoms with Crippen molar-refractivity contribution in [2.75, 3.05) is 5.32 Å². The number of hydrogen-bond acceptors (Lipinski definition) is 2. The summed E-state index contributed by atoms with van der Waals surface area (Å²) >= 11 is 6.16. The maximum Gasteiger partial charge on any atom is 0.257 e. The molecule has 2 aromatic heterocycles. The molecule has 0 saturated carbocycles. The van der Waals surface area contributed by atoms with E-state index in [4.69, 9.17) is 16.6 Å². The highest BCUT2D eigenvalue weighted by molar-refractivity contribution is 6.34. The predicted molar refractivity (Wildman–Crippen MR) is 125 cm³/mol. The highest BCUT2D eigenvalue weighted by Gasteiger charge is 2.14. The smallest absolute Gasteiger partial charge is 0.257 e. The van der Waals surface area contributed by atoms with Crippen molar-refractivity contribution in [3.63, 3.8) is 0 Å². The minimum absolute atomic E-state index is 0.268. The summed E-state index contributed by atoms with van der Waals surface area (Å²) in [7, 11) is 0. The highest BCUT2D eigenvalue weighted by Crippen LogP contribution is 2.27. The topological polar surface area (TPSA) is 46.4 Å². The molecule has 0 radical (unpaired) electrons. The van der Waals surface area contributed by atoms with Crippen LogP contribution in [0.15, 0.2) is 103 Å². The molecular formula is C26H18ClN3O. The predicted octanol–water partition coefficient (Wildman–Crippen LogP) is 6.57. The van der Waals surface area contributed by atoms with Gasteiger partial charge in [-0.3, -0.25) is 4.79 Å². The van der Waals surface area contributed by atoms with Gasteiger partial charge in [-0.05, 0) is 35.4 Å². The molecule has 2 heterocycles. The normalized spacial score (nSPS) is 10.9. The van der Waals surface area contributed by atoms with E-state index in [1.54, 1.807) is 24.3 Å². The number of hydrogen-bond donors (Lipinski definition) is 1. The van der Waals surface area contributed by atoms with Crippen LogP contribution in [0.2, 0.25) is 5.02 Å². The largest absolute Gasteiger partial charge is 0.319 e. The first-order valence-electron chi connectivity index (χ1n) is 9.88. The molecule has 31 heavy (non-hydrogen) atoms. The molecule has 0 unspecified atom stereocenters. The summed E-state index contributed by atoms with van der Waals surface area (Å²) in [4.78, 5) is 17.5. The highest BCUT2D eigenvalue weighted by atomic mass is 35.5. The number of rotatable bonds is 4. The maximum atomic E-state index is 12.7. The van der Waals surface area contributed by atoms with Crippen molar-refractivity contribution in [3.8, 4) is 22.4 Å². The van der Waals surface area contributed by atoms with Gasteiger partial charge in [0.1, 0.15) is 0 Å². The second-order valence-corrected chi connectivity index (χ2v) is 7.56. The Morgan fingerprint density at radius 3 is 2.23 bits per heavy atom. The van der Waals surface area contributed by atoms with Crippen molar-refractivity contribution in [2.45, 2.75) is 0 Å². The molecule has 0 aliphatic rings. The van der Waals surface area contributed by atoms with Crippen molar-refractivity contribution >= 4 is 28.8 Å². The van der Waals surface area contributed by atoms with Crippen LogP contribution in [0.25, 0.3) is 28.0 Å². The summed E-state index contributed by atoms with van der Waals surface area (Å²) in [6.07, 6.45) is 3.87. The first-order valence-corrected chi connectivity index (χ1v) is 10.3. The number of carbonyl (C=O) groups excluding carboxylic acids is 1. The summed E-state index contributed by atoms with van der Waals surface area (Å²) in [6.45, 7) is 0. The molecule has 0 saturated heterocycles. The van der Waals surface area contributed by atoms with Gasteiger partial charge in [0.2, 0.25) is 0 Å². The molecule has 0 fully saturated rings. The van der Waals surface area contributed by atoms with Gasteiger partial charge < -0.3 is 9.72 Å². The fourth-order valence-electron chi connectivity index (χ4n) is 3.55. The Morgan fingerprint density at radius 2 is 1.45 bits per heavy atom. The summed E-state index contributed by atoms with van der Waals surface area (Å²) in [6, 6.07) is 29.2. The molecule has 0 aliphatic carbocycles. The van der Waals surface area contributed by atoms with E-state index in [-0.39, 0.29) is 5.91 Å². The van der Waals surface area contributed by atoms with E-state index >= 15 is 0 Å². The Bertz CT molecular complexity index is 1380. The minimum atomic E-state index is -0.268. The van der Waals surface area contributed by atoms with Gasteiger partial charge in [-0.1, -0.05) is 78.3 Å². The molecule has 0 atom stereocenters. The Morgan fingerprint density at radius 1 is 0.774 bits per heavy atom. The van der Waals surface area contributed by atoms with E-state index in [1.807, 2.05) is 47.1 Å². The van der Waals surface area contributed by atoms with Gasteiger partial charge >= 0.3 is 0 Å². The number of fused-ring (bicyclic) bond motifs is 1. The third-order valence-electron chi connectivity index (χ3n) is 5.14. The van der Waals surface area contributed by atoms with Gasteiger partial charge in [-0.2, -0.15) is 0 Å². The number of aromatic nitrogens is 2. The number of pyridine rings is 1. The van der Waals surface area contributed by atoms with E-state index in [9.17, 15) is 4.79 Å². The summed E-state index contributed by atoms with van der Waals surface area (Å²) in [5, 5.41) is 3.34. The standard InChI is InChI=1S/C26H18ClN3O/c27-22-10-5-4-9-21(22)26(31)29-23-11-6-16-30-17-24(28-25(23)30)20-14-12-19(13-15-20)18-7-2-1-3-8-18/h1-17H,(H,29,31). The zero-order valence-electron chi connectivity index (χ0n) is 16.5. The SMILES string of the molecule is O=C(Nc1cccn2cc(-c3ccc(-c4ccccc4)cc3)nc12)c1ccccc1Cl. The van der Waals surface area contributed by atoms with Crippen molar-refractivity contribution in [2.24, 2.45) is 0 Å². The molecule has 5 rings (SSSR count). The molecule has 0 bridgehead atoms. The number of imidazole rings is 1. The lowest BCUT2D eigenvalue weighted by atomic mass is 10.0. The number of amides is 1. The fourth-order valence-corrected chi connectivity index (χ4v) is 3.77. The van der Waals surface area contributed by atoms with Crippen LogP contribution in [0.3, 0.4) is 0 Å². The van der Waals surface area contributed by atoms with Crippen molar-refractivity contribution < 1.29 is 4.79 Å². The zero-order valence-corrected chi connectivity index (χ0v) is 17.3. The number of carbonyl (C=O) groups is 1. The van der Waals surface area contributed by atoms with Crippen LogP contribution in [0, 0.1) is 0 Å². The Kier molecular flexibility index (Phi) is 4.98. The summed E-state index contributed by atoms with van der Waals surface area (Å²) in [5.74, 6) is -0.268. The van der Waals surface area contributed by atoms with E-state index in [2.05, 4.69) is 41.7 Å². The molecule has 0 aliphatic heterocycles. The first-order chi connectivity index (χ1) is 15.2. The lowest BCUT2D eigenvalue weighted by Crippen LogP contribution is -2.13. The number of anilines is 1. The van der Waals surface area contributed by atoms with Crippen LogP contribution in [-0.2, 0) is 0 Å². The van der Waals surface area contributed by atoms with Crippen LogP contribution in [0.4, 0.5) is 5.69 Å². The van der Waals surface area contributed by atoms with Gasteiger partial charge in [0.05, 0.1) is 22.0 Å². The lowest BCUT2D eigenvalue weighted by molar-refractivity contribution is 0.102. The molecule has 3 aromatic carbocycles. The van der Waals surface area contributed by atoms with E-state index in [0.717, 1.165) is 16.8 Å². The quantitative estimate of drug-likeness (QED) is 0.355. The fraction of sp³-hybridized carbons (Fsp3) is 0. The number of halogens is 1. The molecule has 0 spiro atoms. The van der Waals surface area contributed by atoms with Crippen molar-refractivity contribution in [1.29, 1.82) is 0 Å². The number of nitrogens with one attached hydrogen (secondary N) is 1. The van der Waals surface area contributed by atoms with E-state index in [1.165, 1.54) is 5.56 Å². The van der Waals surface area contributed by atoms with E-state index in [0.29, 0.717) is 21.9 Å². The Balaban J connectivity index is 1.46. The van der Waals surface area contributed by atoms with Gasteiger partial charge in [0.15, 0.2) is 5.65 Å². The van der Waals surface area contributed by atoms with Crippen LogP contribution >= 0.6 is 11.6 Å². The zero-order chi connectivity index (χ0) is 21.2. The molecule has 1 amide bonds. The molecule has 5 heteroatoms. The summed E-state index contributed by atoms with van der Waals surface area (Å²) in [5.41, 5.74) is 5.89. The van der Waals surface area contributed by atoms with Crippen molar-refractivity contribution in [3.05, 3.63) is 114 Å². The van der Waals surface area contributed by atoms with Gasteiger partial charge in [0.25, 0.3) is 5.91 Å².